The van der Waals surface area contributed by atoms with Gasteiger partial charge >= 0.3 is 12.1 Å². The number of rotatable bonds is 3. The molecule has 9 nitrogen and oxygen atoms in total. The van der Waals surface area contributed by atoms with Gasteiger partial charge in [0.1, 0.15) is 17.6 Å². The molecule has 1 amide bonds. The third-order valence-electron chi connectivity index (χ3n) is 4.93. The number of alkyl halides is 3. The van der Waals surface area contributed by atoms with E-state index in [2.05, 4.69) is 21.6 Å². The number of carbonyl (C=O) groups is 2. The Morgan fingerprint density at radius 3 is 2.50 bits per heavy atom. The Labute approximate surface area is 192 Å². The van der Waals surface area contributed by atoms with Crippen LogP contribution in [0.3, 0.4) is 0 Å². The van der Waals surface area contributed by atoms with Crippen molar-refractivity contribution in [3.63, 3.8) is 0 Å². The lowest BCUT2D eigenvalue weighted by Gasteiger charge is -2.21. The third-order valence-corrected chi connectivity index (χ3v) is 4.93. The Hall–Kier alpha value is -4.11. The van der Waals surface area contributed by atoms with Crippen molar-refractivity contribution in [2.45, 2.75) is 12.6 Å². The number of carboxylic acids is 1. The van der Waals surface area contributed by atoms with Crippen molar-refractivity contribution in [3.8, 4) is 6.07 Å². The van der Waals surface area contributed by atoms with E-state index in [0.29, 0.717) is 16.9 Å². The topological polar surface area (TPSA) is 123 Å². The van der Waals surface area contributed by atoms with Crippen LogP contribution in [-0.4, -0.2) is 59.0 Å². The van der Waals surface area contributed by atoms with Crippen molar-refractivity contribution in [1.29, 1.82) is 5.26 Å². The molecule has 3 aromatic rings. The minimum Gasteiger partial charge on any atom is -0.475 e. The molecule has 0 spiro atoms. The molecule has 0 unspecified atom stereocenters. The van der Waals surface area contributed by atoms with Gasteiger partial charge in [-0.25, -0.2) is 9.31 Å². The highest BCUT2D eigenvalue weighted by Gasteiger charge is 2.38. The first kappa shape index (κ1) is 24.5. The molecule has 0 bridgehead atoms. The summed E-state index contributed by atoms with van der Waals surface area (Å²) in [5.41, 5.74) is 2.21. The highest BCUT2D eigenvalue weighted by Crippen LogP contribution is 2.19. The molecule has 0 saturated carbocycles. The first-order chi connectivity index (χ1) is 16.2. The zero-order valence-electron chi connectivity index (χ0n) is 17.8. The number of nitrogens with zero attached hydrogens (tertiary/aromatic N) is 4. The second kappa shape index (κ2) is 10.7. The molecule has 178 valence electrons. The number of fused-ring (bicyclic) bond motifs is 1. The smallest absolute Gasteiger partial charge is 0.475 e. The summed E-state index contributed by atoms with van der Waals surface area (Å²) < 4.78 is 33.4. The summed E-state index contributed by atoms with van der Waals surface area (Å²) in [5.74, 6) is -2.19. The number of hydrogen-bond donors (Lipinski definition) is 3. The standard InChI is InChI=1S/C20H20N6O.C2HF3O2/c21-14-15-4-1-2-5-17(15)23-20(27)18-8-6-16-7-9-19(24-26(16)18)25-12-3-10-22-11-13-25;3-2(4,5)1(6)7/h1-2,4-9,22H,3,10-13H2,(H,23,27);(H,6,7). The zero-order valence-corrected chi connectivity index (χ0v) is 17.8. The Morgan fingerprint density at radius 1 is 1.09 bits per heavy atom. The van der Waals surface area contributed by atoms with Gasteiger partial charge in [0.2, 0.25) is 0 Å². The first-order valence-electron chi connectivity index (χ1n) is 10.3. The maximum Gasteiger partial charge on any atom is 0.490 e. The largest absolute Gasteiger partial charge is 0.490 e. The van der Waals surface area contributed by atoms with E-state index >= 15 is 0 Å². The lowest BCUT2D eigenvalue weighted by molar-refractivity contribution is -0.192. The van der Waals surface area contributed by atoms with Gasteiger partial charge in [-0.05, 0) is 49.4 Å². The summed E-state index contributed by atoms with van der Waals surface area (Å²) in [6.45, 7) is 3.75. The average Bonchev–Trinajstić information content (AvgIpc) is 3.04. The fraction of sp³-hybridized carbons (Fsp3) is 0.273. The van der Waals surface area contributed by atoms with Gasteiger partial charge in [-0.3, -0.25) is 4.79 Å². The van der Waals surface area contributed by atoms with Crippen LogP contribution in [0, 0.1) is 11.3 Å². The van der Waals surface area contributed by atoms with E-state index in [4.69, 9.17) is 15.0 Å². The van der Waals surface area contributed by atoms with E-state index in [1.54, 1.807) is 34.8 Å². The SMILES string of the molecule is N#Cc1ccccc1NC(=O)c1ccc2ccc(N3CCCNCC3)nn12.O=C(O)C(F)(F)F. The number of hydrogen-bond acceptors (Lipinski definition) is 6. The van der Waals surface area contributed by atoms with Gasteiger partial charge in [-0.15, -0.1) is 5.10 Å². The fourth-order valence-electron chi connectivity index (χ4n) is 3.27. The summed E-state index contributed by atoms with van der Waals surface area (Å²) in [5, 5.41) is 27.2. The number of carboxylic acid groups (broad SMARTS) is 1. The molecule has 1 aliphatic heterocycles. The Morgan fingerprint density at radius 2 is 1.79 bits per heavy atom. The van der Waals surface area contributed by atoms with Gasteiger partial charge in [0.05, 0.1) is 16.8 Å². The number of benzene rings is 1. The fourth-order valence-corrected chi connectivity index (χ4v) is 3.27. The molecule has 3 N–H and O–H groups in total. The number of nitrogens with one attached hydrogen (secondary N) is 2. The molecule has 1 fully saturated rings. The van der Waals surface area contributed by atoms with E-state index in [0.717, 1.165) is 43.9 Å². The van der Waals surface area contributed by atoms with Crippen LogP contribution in [0.5, 0.6) is 0 Å². The second-order valence-electron chi connectivity index (χ2n) is 7.25. The number of halogens is 3. The number of nitriles is 1. The Balaban J connectivity index is 0.000000406. The predicted octanol–water partition coefficient (Wildman–Crippen LogP) is 2.89. The van der Waals surface area contributed by atoms with Gasteiger partial charge in [0.25, 0.3) is 5.91 Å². The summed E-state index contributed by atoms with van der Waals surface area (Å²) in [6, 6.07) is 16.6. The number of amides is 1. The van der Waals surface area contributed by atoms with Crippen LogP contribution in [0.1, 0.15) is 22.5 Å². The monoisotopic (exact) mass is 474 g/mol. The van der Waals surface area contributed by atoms with E-state index in [1.165, 1.54) is 0 Å². The Kier molecular flexibility index (Phi) is 7.70. The van der Waals surface area contributed by atoms with Crippen LogP contribution in [0.25, 0.3) is 5.52 Å². The molecule has 2 aromatic heterocycles. The van der Waals surface area contributed by atoms with Gasteiger partial charge < -0.3 is 20.6 Å². The Bertz CT molecular complexity index is 1210. The number of aromatic nitrogens is 2. The quantitative estimate of drug-likeness (QED) is 0.534. The van der Waals surface area contributed by atoms with Gasteiger partial charge in [0.15, 0.2) is 0 Å². The minimum atomic E-state index is -5.08. The summed E-state index contributed by atoms with van der Waals surface area (Å²) in [6.07, 6.45) is -4.02. The molecule has 0 aliphatic carbocycles. The lowest BCUT2D eigenvalue weighted by atomic mass is 10.2. The lowest BCUT2D eigenvalue weighted by Crippen LogP contribution is -2.29. The second-order valence-corrected chi connectivity index (χ2v) is 7.25. The van der Waals surface area contributed by atoms with E-state index in [1.807, 2.05) is 18.2 Å². The number of carbonyl (C=O) groups excluding carboxylic acids is 1. The minimum absolute atomic E-state index is 0.292. The zero-order chi connectivity index (χ0) is 24.7. The summed E-state index contributed by atoms with van der Waals surface area (Å²) in [7, 11) is 0. The van der Waals surface area contributed by atoms with Crippen molar-refractivity contribution in [2.24, 2.45) is 0 Å². The number of anilines is 2. The molecule has 12 heteroatoms. The molecule has 3 heterocycles. The van der Waals surface area contributed by atoms with Gasteiger partial charge in [-0.1, -0.05) is 12.1 Å². The number of para-hydroxylation sites is 1. The first-order valence-corrected chi connectivity index (χ1v) is 10.3. The van der Waals surface area contributed by atoms with E-state index in [9.17, 15) is 23.2 Å². The van der Waals surface area contributed by atoms with Crippen molar-refractivity contribution in [3.05, 3.63) is 59.8 Å². The average molecular weight is 474 g/mol. The van der Waals surface area contributed by atoms with Crippen molar-refractivity contribution in [2.75, 3.05) is 36.4 Å². The van der Waals surface area contributed by atoms with Gasteiger partial charge in [0, 0.05) is 19.6 Å². The molecule has 1 aromatic carbocycles. The highest BCUT2D eigenvalue weighted by molar-refractivity contribution is 6.04. The highest BCUT2D eigenvalue weighted by atomic mass is 19.4. The van der Waals surface area contributed by atoms with Crippen LogP contribution in [-0.2, 0) is 4.79 Å². The van der Waals surface area contributed by atoms with Crippen LogP contribution < -0.4 is 15.5 Å². The maximum absolute atomic E-state index is 12.8. The maximum atomic E-state index is 12.8. The van der Waals surface area contributed by atoms with E-state index < -0.39 is 12.1 Å². The van der Waals surface area contributed by atoms with E-state index in [-0.39, 0.29) is 5.91 Å². The van der Waals surface area contributed by atoms with Crippen molar-refractivity contribution < 1.29 is 27.9 Å². The summed E-state index contributed by atoms with van der Waals surface area (Å²) in [4.78, 5) is 23.9. The molecule has 4 rings (SSSR count). The van der Waals surface area contributed by atoms with Crippen LogP contribution >= 0.6 is 0 Å². The molecular formula is C22H21F3N6O3. The molecule has 0 radical (unpaired) electrons. The van der Waals surface area contributed by atoms with Crippen molar-refractivity contribution in [1.82, 2.24) is 14.9 Å². The molecule has 34 heavy (non-hydrogen) atoms. The molecule has 1 saturated heterocycles. The summed E-state index contributed by atoms with van der Waals surface area (Å²) >= 11 is 0. The van der Waals surface area contributed by atoms with Crippen molar-refractivity contribution >= 4 is 28.9 Å². The normalized spacial score (nSPS) is 13.9. The number of aliphatic carboxylic acids is 1. The molecule has 1 aliphatic rings. The van der Waals surface area contributed by atoms with Crippen LogP contribution in [0.2, 0.25) is 0 Å². The molecular weight excluding hydrogens is 453 g/mol. The molecule has 0 atom stereocenters. The predicted molar refractivity (Wildman–Crippen MR) is 118 cm³/mol. The van der Waals surface area contributed by atoms with Crippen LogP contribution in [0.15, 0.2) is 48.5 Å². The third kappa shape index (κ3) is 6.02. The van der Waals surface area contributed by atoms with Crippen LogP contribution in [0.4, 0.5) is 24.7 Å². The van der Waals surface area contributed by atoms with Gasteiger partial charge in [-0.2, -0.15) is 18.4 Å².